The van der Waals surface area contributed by atoms with Gasteiger partial charge in [-0.05, 0) is 19.3 Å². The molecule has 0 saturated heterocycles. The van der Waals surface area contributed by atoms with Gasteiger partial charge in [0.05, 0.1) is 6.61 Å². The molecule has 1 aromatic heterocycles. The van der Waals surface area contributed by atoms with Crippen molar-refractivity contribution < 1.29 is 4.74 Å². The van der Waals surface area contributed by atoms with Crippen molar-refractivity contribution in [3.63, 3.8) is 0 Å². The van der Waals surface area contributed by atoms with Gasteiger partial charge in [0.2, 0.25) is 0 Å². The van der Waals surface area contributed by atoms with Crippen molar-refractivity contribution in [2.45, 2.75) is 45.1 Å². The van der Waals surface area contributed by atoms with Crippen LogP contribution in [0, 0.1) is 0 Å². The number of nitrogens with zero attached hydrogens (tertiary/aromatic N) is 4. The fourth-order valence-corrected chi connectivity index (χ4v) is 2.68. The fraction of sp³-hybridized carbons (Fsp3) is 0.800. The zero-order chi connectivity index (χ0) is 15.6. The lowest BCUT2D eigenvalue weighted by Crippen LogP contribution is -2.39. The summed E-state index contributed by atoms with van der Waals surface area (Å²) < 4.78 is 7.33. The monoisotopic (exact) mass is 308 g/mol. The maximum atomic E-state index is 5.01. The normalized spacial score (nSPS) is 15.3. The first-order valence-corrected chi connectivity index (χ1v) is 8.19. The molecule has 2 N–H and O–H groups in total. The van der Waals surface area contributed by atoms with Crippen molar-refractivity contribution >= 4 is 5.96 Å². The first-order valence-electron chi connectivity index (χ1n) is 8.19. The molecular formula is C15H28N6O. The Bertz CT molecular complexity index is 471. The van der Waals surface area contributed by atoms with Crippen molar-refractivity contribution in [1.82, 2.24) is 25.4 Å². The Labute approximate surface area is 132 Å². The molecule has 0 amide bonds. The summed E-state index contributed by atoms with van der Waals surface area (Å²) in [7, 11) is 3.47. The summed E-state index contributed by atoms with van der Waals surface area (Å²) in [6.45, 7) is 3.38. The van der Waals surface area contributed by atoms with Crippen LogP contribution in [0.2, 0.25) is 0 Å². The van der Waals surface area contributed by atoms with Crippen molar-refractivity contribution in [1.29, 1.82) is 0 Å². The van der Waals surface area contributed by atoms with Crippen LogP contribution in [-0.4, -0.2) is 54.6 Å². The molecule has 7 nitrogen and oxygen atoms in total. The van der Waals surface area contributed by atoms with E-state index < -0.39 is 0 Å². The maximum Gasteiger partial charge on any atom is 0.191 e. The van der Waals surface area contributed by atoms with E-state index in [9.17, 15) is 0 Å². The van der Waals surface area contributed by atoms with Gasteiger partial charge in [-0.2, -0.15) is 0 Å². The smallest absolute Gasteiger partial charge is 0.191 e. The van der Waals surface area contributed by atoms with E-state index in [0.717, 1.165) is 56.5 Å². The largest absolute Gasteiger partial charge is 0.383 e. The summed E-state index contributed by atoms with van der Waals surface area (Å²) in [6, 6.07) is 0. The molecule has 0 radical (unpaired) electrons. The molecular weight excluding hydrogens is 280 g/mol. The molecule has 1 aliphatic heterocycles. The van der Waals surface area contributed by atoms with Gasteiger partial charge in [0.25, 0.3) is 0 Å². The van der Waals surface area contributed by atoms with Crippen molar-refractivity contribution in [3.8, 4) is 0 Å². The summed E-state index contributed by atoms with van der Waals surface area (Å²) in [5.41, 5.74) is 0. The topological polar surface area (TPSA) is 76.4 Å². The Hall–Kier alpha value is -1.63. The second kappa shape index (κ2) is 9.40. The minimum absolute atomic E-state index is 0.673. The number of nitrogens with one attached hydrogen (secondary N) is 2. The molecule has 0 unspecified atom stereocenters. The van der Waals surface area contributed by atoms with Gasteiger partial charge in [-0.3, -0.25) is 4.99 Å². The van der Waals surface area contributed by atoms with Gasteiger partial charge in [0.1, 0.15) is 11.6 Å². The molecule has 0 saturated carbocycles. The van der Waals surface area contributed by atoms with Crippen molar-refractivity contribution in [2.75, 3.05) is 33.9 Å². The number of aliphatic imine (C=N–C) groups is 1. The number of aryl methyl sites for hydroxylation is 2. The quantitative estimate of drug-likeness (QED) is 0.441. The van der Waals surface area contributed by atoms with Crippen LogP contribution in [0.15, 0.2) is 4.99 Å². The fourth-order valence-electron chi connectivity index (χ4n) is 2.68. The second-order valence-electron chi connectivity index (χ2n) is 5.52. The van der Waals surface area contributed by atoms with E-state index in [2.05, 4.69) is 30.4 Å². The van der Waals surface area contributed by atoms with Crippen LogP contribution in [0.4, 0.5) is 0 Å². The number of ether oxygens (including phenoxy) is 1. The number of hydrogen-bond donors (Lipinski definition) is 2. The van der Waals surface area contributed by atoms with Crippen LogP contribution in [0.5, 0.6) is 0 Å². The molecule has 124 valence electrons. The summed E-state index contributed by atoms with van der Waals surface area (Å²) in [6.07, 6.45) is 6.82. The molecule has 2 rings (SSSR count). The summed E-state index contributed by atoms with van der Waals surface area (Å²) in [5.74, 6) is 3.11. The van der Waals surface area contributed by atoms with Crippen LogP contribution in [0.25, 0.3) is 0 Å². The zero-order valence-electron chi connectivity index (χ0n) is 13.8. The van der Waals surface area contributed by atoms with Crippen molar-refractivity contribution in [3.05, 3.63) is 11.6 Å². The predicted octanol–water partition coefficient (Wildman–Crippen LogP) is 0.748. The molecule has 0 spiro atoms. The number of rotatable bonds is 7. The molecule has 0 fully saturated rings. The number of aromatic nitrogens is 3. The highest BCUT2D eigenvalue weighted by atomic mass is 16.5. The minimum Gasteiger partial charge on any atom is -0.383 e. The number of fused-ring (bicyclic) bond motifs is 1. The van der Waals surface area contributed by atoms with Gasteiger partial charge >= 0.3 is 0 Å². The molecule has 0 atom stereocenters. The number of hydrogen-bond acceptors (Lipinski definition) is 4. The molecule has 0 aliphatic carbocycles. The Morgan fingerprint density at radius 3 is 2.91 bits per heavy atom. The molecule has 2 heterocycles. The van der Waals surface area contributed by atoms with Crippen LogP contribution < -0.4 is 10.6 Å². The molecule has 7 heteroatoms. The standard InChI is InChI=1S/C15H28N6O/c1-16-15(18-10-12-22-2)17-9-6-8-14-20-19-13-7-4-3-5-11-21(13)14/h3-12H2,1-2H3,(H2,16,17,18). The lowest BCUT2D eigenvalue weighted by molar-refractivity contribution is 0.203. The SMILES string of the molecule is CN=C(NCCCc1nnc2n1CCCCC2)NCCOC. The molecule has 22 heavy (non-hydrogen) atoms. The average Bonchev–Trinajstić information content (AvgIpc) is 2.77. The third-order valence-corrected chi connectivity index (χ3v) is 3.88. The number of guanidine groups is 1. The van der Waals surface area contributed by atoms with Crippen LogP contribution >= 0.6 is 0 Å². The van der Waals surface area contributed by atoms with Crippen molar-refractivity contribution in [2.24, 2.45) is 4.99 Å². The van der Waals surface area contributed by atoms with Gasteiger partial charge in [0.15, 0.2) is 5.96 Å². The predicted molar refractivity (Wildman–Crippen MR) is 87.1 cm³/mol. The molecule has 0 bridgehead atoms. The molecule has 1 aliphatic rings. The third-order valence-electron chi connectivity index (χ3n) is 3.88. The van der Waals surface area contributed by atoms with Crippen LogP contribution in [0.3, 0.4) is 0 Å². The van der Waals surface area contributed by atoms with Crippen LogP contribution in [-0.2, 0) is 24.1 Å². The minimum atomic E-state index is 0.673. The Balaban J connectivity index is 1.71. The zero-order valence-corrected chi connectivity index (χ0v) is 13.8. The van der Waals surface area contributed by atoms with Gasteiger partial charge < -0.3 is 19.9 Å². The van der Waals surface area contributed by atoms with E-state index in [1.54, 1.807) is 14.2 Å². The van der Waals surface area contributed by atoms with E-state index in [-0.39, 0.29) is 0 Å². The average molecular weight is 308 g/mol. The van der Waals surface area contributed by atoms with Crippen LogP contribution in [0.1, 0.15) is 37.3 Å². The van der Waals surface area contributed by atoms with Gasteiger partial charge in [-0.1, -0.05) is 6.42 Å². The first-order chi connectivity index (χ1) is 10.8. The summed E-state index contributed by atoms with van der Waals surface area (Å²) >= 11 is 0. The molecule has 0 aromatic carbocycles. The highest BCUT2D eigenvalue weighted by Gasteiger charge is 2.13. The van der Waals surface area contributed by atoms with Gasteiger partial charge in [-0.15, -0.1) is 10.2 Å². The highest BCUT2D eigenvalue weighted by molar-refractivity contribution is 5.79. The van der Waals surface area contributed by atoms with Gasteiger partial charge in [-0.25, -0.2) is 0 Å². The number of methoxy groups -OCH3 is 1. The summed E-state index contributed by atoms with van der Waals surface area (Å²) in [4.78, 5) is 4.18. The highest BCUT2D eigenvalue weighted by Crippen LogP contribution is 2.15. The van der Waals surface area contributed by atoms with E-state index >= 15 is 0 Å². The first kappa shape index (κ1) is 16.7. The lowest BCUT2D eigenvalue weighted by Gasteiger charge is -2.11. The van der Waals surface area contributed by atoms with E-state index in [0.29, 0.717) is 6.61 Å². The maximum absolute atomic E-state index is 5.01. The van der Waals surface area contributed by atoms with Gasteiger partial charge in [0, 0.05) is 46.6 Å². The Kier molecular flexibility index (Phi) is 7.15. The van der Waals surface area contributed by atoms with E-state index in [4.69, 9.17) is 4.74 Å². The Morgan fingerprint density at radius 1 is 1.23 bits per heavy atom. The van der Waals surface area contributed by atoms with E-state index in [1.165, 1.54) is 19.3 Å². The molecule has 1 aromatic rings. The second-order valence-corrected chi connectivity index (χ2v) is 5.52. The van der Waals surface area contributed by atoms with E-state index in [1.807, 2.05) is 0 Å². The lowest BCUT2D eigenvalue weighted by atomic mass is 10.2. The summed E-state index contributed by atoms with van der Waals surface area (Å²) in [5, 5.41) is 15.2. The third kappa shape index (κ3) is 4.98. The Morgan fingerprint density at radius 2 is 2.09 bits per heavy atom.